The predicted molar refractivity (Wildman–Crippen MR) is 152 cm³/mol. The van der Waals surface area contributed by atoms with Gasteiger partial charge >= 0.3 is 6.18 Å². The van der Waals surface area contributed by atoms with Crippen molar-refractivity contribution in [2.24, 2.45) is 4.99 Å². The standard InChI is InChI=1S/C29H21ClF3N7/c30-19-7-4-16(5-8-19)23-14-24(40-28-26(39-23)27(34)36-15-37-28)17-2-1-3-20(12-17)38-22-10-11-35-25-13-18(29(31,32)33)6-9-21(22)25/h1-13,15,24H,14H2,(H,35,38)(H3,34,36,37,40). The highest BCUT2D eigenvalue weighted by molar-refractivity contribution is 6.30. The molecule has 1 aliphatic heterocycles. The summed E-state index contributed by atoms with van der Waals surface area (Å²) >= 11 is 6.11. The van der Waals surface area contributed by atoms with E-state index in [-0.39, 0.29) is 17.4 Å². The molecule has 1 unspecified atom stereocenters. The predicted octanol–water partition coefficient (Wildman–Crippen LogP) is 7.70. The van der Waals surface area contributed by atoms with Crippen molar-refractivity contribution in [3.63, 3.8) is 0 Å². The first-order valence-corrected chi connectivity index (χ1v) is 12.7. The van der Waals surface area contributed by atoms with Crippen molar-refractivity contribution >= 4 is 56.9 Å². The molecule has 3 heterocycles. The van der Waals surface area contributed by atoms with E-state index in [1.807, 2.05) is 36.4 Å². The molecule has 0 amide bonds. The third-order valence-electron chi connectivity index (χ3n) is 6.62. The average molecular weight is 560 g/mol. The molecule has 4 N–H and O–H groups in total. The van der Waals surface area contributed by atoms with Gasteiger partial charge in [0.05, 0.1) is 22.8 Å². The first kappa shape index (κ1) is 25.6. The van der Waals surface area contributed by atoms with Crippen molar-refractivity contribution in [2.45, 2.75) is 18.6 Å². The first-order chi connectivity index (χ1) is 19.2. The molecule has 0 saturated carbocycles. The van der Waals surface area contributed by atoms with Crippen LogP contribution in [0.2, 0.25) is 5.02 Å². The van der Waals surface area contributed by atoms with Gasteiger partial charge < -0.3 is 16.4 Å². The number of nitrogens with zero attached hydrogens (tertiary/aromatic N) is 4. The molecule has 0 bridgehead atoms. The van der Waals surface area contributed by atoms with E-state index in [2.05, 4.69) is 25.6 Å². The van der Waals surface area contributed by atoms with E-state index < -0.39 is 11.7 Å². The lowest BCUT2D eigenvalue weighted by atomic mass is 9.97. The van der Waals surface area contributed by atoms with Crippen molar-refractivity contribution in [1.82, 2.24) is 15.0 Å². The van der Waals surface area contributed by atoms with Crippen LogP contribution >= 0.6 is 11.6 Å². The Morgan fingerprint density at radius 1 is 0.950 bits per heavy atom. The Bertz CT molecular complexity index is 1750. The summed E-state index contributed by atoms with van der Waals surface area (Å²) in [6, 6.07) is 20.2. The number of aliphatic imine (C=N–C) groups is 1. The number of aromatic nitrogens is 3. The zero-order chi connectivity index (χ0) is 27.9. The van der Waals surface area contributed by atoms with Gasteiger partial charge in [0.25, 0.3) is 0 Å². The highest BCUT2D eigenvalue weighted by Crippen LogP contribution is 2.38. The number of hydrogen-bond donors (Lipinski definition) is 3. The summed E-state index contributed by atoms with van der Waals surface area (Å²) in [5, 5.41) is 7.98. The van der Waals surface area contributed by atoms with Gasteiger partial charge in [-0.3, -0.25) is 4.98 Å². The highest BCUT2D eigenvalue weighted by atomic mass is 35.5. The van der Waals surface area contributed by atoms with E-state index in [4.69, 9.17) is 22.3 Å². The van der Waals surface area contributed by atoms with Gasteiger partial charge in [-0.2, -0.15) is 13.2 Å². The molecule has 1 aliphatic rings. The van der Waals surface area contributed by atoms with Crippen LogP contribution in [0.1, 0.15) is 29.2 Å². The third-order valence-corrected chi connectivity index (χ3v) is 6.87. The largest absolute Gasteiger partial charge is 0.416 e. The number of pyridine rings is 1. The molecular weight excluding hydrogens is 539 g/mol. The molecule has 0 aliphatic carbocycles. The summed E-state index contributed by atoms with van der Waals surface area (Å²) in [5.41, 5.74) is 10.1. The van der Waals surface area contributed by atoms with E-state index in [0.717, 1.165) is 34.7 Å². The molecule has 2 aromatic heterocycles. The highest BCUT2D eigenvalue weighted by Gasteiger charge is 2.30. The summed E-state index contributed by atoms with van der Waals surface area (Å²) < 4.78 is 39.6. The van der Waals surface area contributed by atoms with Crippen LogP contribution in [0.5, 0.6) is 0 Å². The molecule has 0 saturated heterocycles. The normalized spacial score (nSPS) is 15.1. The summed E-state index contributed by atoms with van der Waals surface area (Å²) in [7, 11) is 0. The quantitative estimate of drug-likeness (QED) is 0.208. The number of benzene rings is 3. The number of nitrogens with one attached hydrogen (secondary N) is 2. The lowest BCUT2D eigenvalue weighted by Gasteiger charge is -2.20. The molecule has 6 rings (SSSR count). The van der Waals surface area contributed by atoms with Gasteiger partial charge in [0.15, 0.2) is 11.6 Å². The first-order valence-electron chi connectivity index (χ1n) is 12.3. The van der Waals surface area contributed by atoms with Crippen LogP contribution < -0.4 is 16.4 Å². The second-order valence-corrected chi connectivity index (χ2v) is 9.70. The minimum atomic E-state index is -4.44. The molecule has 0 radical (unpaired) electrons. The Balaban J connectivity index is 1.35. The van der Waals surface area contributed by atoms with Crippen molar-refractivity contribution in [3.8, 4) is 0 Å². The number of halogens is 4. The molecule has 0 fully saturated rings. The molecule has 200 valence electrons. The Hall–Kier alpha value is -4.70. The topological polar surface area (TPSA) is 101 Å². The summed E-state index contributed by atoms with van der Waals surface area (Å²) in [4.78, 5) is 17.4. The number of nitrogens with two attached hydrogens (primary N) is 1. The Kier molecular flexibility index (Phi) is 6.47. The second kappa shape index (κ2) is 10.1. The lowest BCUT2D eigenvalue weighted by Crippen LogP contribution is -2.15. The maximum atomic E-state index is 13.2. The Morgan fingerprint density at radius 3 is 2.58 bits per heavy atom. The van der Waals surface area contributed by atoms with Gasteiger partial charge in [-0.1, -0.05) is 41.9 Å². The van der Waals surface area contributed by atoms with E-state index in [9.17, 15) is 13.2 Å². The van der Waals surface area contributed by atoms with Crippen LogP contribution in [0.4, 0.5) is 41.9 Å². The lowest BCUT2D eigenvalue weighted by molar-refractivity contribution is -0.137. The van der Waals surface area contributed by atoms with Crippen molar-refractivity contribution in [2.75, 3.05) is 16.4 Å². The number of anilines is 4. The van der Waals surface area contributed by atoms with Gasteiger partial charge in [-0.15, -0.1) is 0 Å². The van der Waals surface area contributed by atoms with Crippen LogP contribution in [-0.2, 0) is 6.18 Å². The van der Waals surface area contributed by atoms with Gasteiger partial charge in [-0.05, 0) is 53.6 Å². The zero-order valence-corrected chi connectivity index (χ0v) is 21.5. The maximum absolute atomic E-state index is 13.2. The van der Waals surface area contributed by atoms with Crippen LogP contribution in [0.15, 0.2) is 90.3 Å². The molecule has 0 spiro atoms. The van der Waals surface area contributed by atoms with E-state index in [1.54, 1.807) is 18.2 Å². The van der Waals surface area contributed by atoms with Crippen LogP contribution in [0, 0.1) is 0 Å². The average Bonchev–Trinajstić information content (AvgIpc) is 3.14. The van der Waals surface area contributed by atoms with E-state index in [1.165, 1.54) is 18.6 Å². The van der Waals surface area contributed by atoms with Crippen molar-refractivity contribution in [3.05, 3.63) is 107 Å². The number of fused-ring (bicyclic) bond motifs is 2. The molecule has 40 heavy (non-hydrogen) atoms. The van der Waals surface area contributed by atoms with E-state index >= 15 is 0 Å². The fraction of sp³-hybridized carbons (Fsp3) is 0.103. The molecule has 7 nitrogen and oxygen atoms in total. The Labute approximate surface area is 232 Å². The number of nitrogen functional groups attached to an aromatic ring is 1. The van der Waals surface area contributed by atoms with Crippen molar-refractivity contribution < 1.29 is 13.2 Å². The smallest absolute Gasteiger partial charge is 0.382 e. The number of hydrogen-bond acceptors (Lipinski definition) is 7. The zero-order valence-electron chi connectivity index (χ0n) is 20.7. The van der Waals surface area contributed by atoms with Gasteiger partial charge in [0.2, 0.25) is 0 Å². The molecule has 11 heteroatoms. The number of rotatable bonds is 4. The van der Waals surface area contributed by atoms with Gasteiger partial charge in [-0.25, -0.2) is 15.0 Å². The van der Waals surface area contributed by atoms with Gasteiger partial charge in [0, 0.05) is 34.4 Å². The van der Waals surface area contributed by atoms with E-state index in [0.29, 0.717) is 34.0 Å². The molecule has 3 aromatic carbocycles. The fourth-order valence-electron chi connectivity index (χ4n) is 4.65. The SMILES string of the molecule is Nc1ncnc2c1N=C(c1ccc(Cl)cc1)CC(c1cccc(Nc3ccnc4cc(C(F)(F)F)ccc34)c1)N2. The molecule has 5 aromatic rings. The van der Waals surface area contributed by atoms with Crippen LogP contribution in [-0.4, -0.2) is 20.7 Å². The summed E-state index contributed by atoms with van der Waals surface area (Å²) in [6.45, 7) is 0. The number of alkyl halides is 3. The third kappa shape index (κ3) is 5.13. The van der Waals surface area contributed by atoms with Gasteiger partial charge in [0.1, 0.15) is 12.0 Å². The summed E-state index contributed by atoms with van der Waals surface area (Å²) in [5.74, 6) is 0.777. The van der Waals surface area contributed by atoms with Crippen LogP contribution in [0.3, 0.4) is 0 Å². The molecular formula is C29H21ClF3N7. The monoisotopic (exact) mass is 559 g/mol. The minimum Gasteiger partial charge on any atom is -0.382 e. The minimum absolute atomic E-state index is 0.227. The second-order valence-electron chi connectivity index (χ2n) is 9.26. The van der Waals surface area contributed by atoms with Crippen molar-refractivity contribution in [1.29, 1.82) is 0 Å². The summed E-state index contributed by atoms with van der Waals surface area (Å²) in [6.07, 6.45) is -1.06. The fourth-order valence-corrected chi connectivity index (χ4v) is 4.77. The Morgan fingerprint density at radius 2 is 1.77 bits per heavy atom. The maximum Gasteiger partial charge on any atom is 0.416 e. The molecule has 1 atom stereocenters. The van der Waals surface area contributed by atoms with Crippen LogP contribution in [0.25, 0.3) is 10.9 Å².